The van der Waals surface area contributed by atoms with Crippen molar-refractivity contribution in [3.05, 3.63) is 35.2 Å². The van der Waals surface area contributed by atoms with Crippen molar-refractivity contribution in [2.75, 3.05) is 11.9 Å². The highest BCUT2D eigenvalue weighted by Crippen LogP contribution is 2.23. The monoisotopic (exact) mass is 243 g/mol. The van der Waals surface area contributed by atoms with Crippen molar-refractivity contribution in [1.29, 1.82) is 0 Å². The highest BCUT2D eigenvalue weighted by Gasteiger charge is 2.15. The summed E-state index contributed by atoms with van der Waals surface area (Å²) in [5.74, 6) is 0.468. The van der Waals surface area contributed by atoms with E-state index in [9.17, 15) is 4.79 Å². The maximum absolute atomic E-state index is 12.1. The molecular weight excluding hydrogens is 230 g/mol. The van der Waals surface area contributed by atoms with Gasteiger partial charge in [-0.05, 0) is 23.3 Å². The van der Waals surface area contributed by atoms with Crippen LogP contribution >= 0.6 is 0 Å². The number of ketones is 1. The number of aromatic nitrogens is 4. The first-order valence-electron chi connectivity index (χ1n) is 5.85. The van der Waals surface area contributed by atoms with Gasteiger partial charge >= 0.3 is 0 Å². The number of hydrogen-bond donors (Lipinski definition) is 1. The molecule has 0 amide bonds. The molecule has 6 heteroatoms. The van der Waals surface area contributed by atoms with Crippen molar-refractivity contribution in [2.24, 2.45) is 7.05 Å². The van der Waals surface area contributed by atoms with Crippen LogP contribution < -0.4 is 5.32 Å². The number of carbonyl (C=O) groups is 1. The molecule has 2 aromatic rings. The van der Waals surface area contributed by atoms with Gasteiger partial charge in [0.2, 0.25) is 0 Å². The van der Waals surface area contributed by atoms with E-state index >= 15 is 0 Å². The van der Waals surface area contributed by atoms with E-state index < -0.39 is 0 Å². The molecule has 0 saturated heterocycles. The van der Waals surface area contributed by atoms with Gasteiger partial charge < -0.3 is 5.32 Å². The molecule has 0 radical (unpaired) electrons. The van der Waals surface area contributed by atoms with Crippen molar-refractivity contribution >= 4 is 11.5 Å². The molecule has 0 unspecified atom stereocenters. The molecule has 1 aliphatic rings. The SMILES string of the molecule is Cn1nnc(CC(=O)c2ccc3c(c2)NCC3)n1. The number of anilines is 1. The van der Waals surface area contributed by atoms with Crippen LogP contribution in [0.15, 0.2) is 18.2 Å². The number of hydrogen-bond acceptors (Lipinski definition) is 5. The van der Waals surface area contributed by atoms with Gasteiger partial charge in [-0.3, -0.25) is 4.79 Å². The molecule has 1 N–H and O–H groups in total. The molecule has 1 aromatic carbocycles. The summed E-state index contributed by atoms with van der Waals surface area (Å²) in [4.78, 5) is 13.4. The fourth-order valence-electron chi connectivity index (χ4n) is 2.10. The number of fused-ring (bicyclic) bond motifs is 1. The summed E-state index contributed by atoms with van der Waals surface area (Å²) in [6, 6.07) is 5.78. The highest BCUT2D eigenvalue weighted by molar-refractivity contribution is 5.98. The van der Waals surface area contributed by atoms with Gasteiger partial charge in [-0.2, -0.15) is 4.80 Å². The predicted octanol–water partition coefficient (Wildman–Crippen LogP) is 0.603. The van der Waals surface area contributed by atoms with Crippen LogP contribution in [-0.4, -0.2) is 32.5 Å². The van der Waals surface area contributed by atoms with Gasteiger partial charge in [-0.25, -0.2) is 0 Å². The lowest BCUT2D eigenvalue weighted by Crippen LogP contribution is -2.06. The second-order valence-electron chi connectivity index (χ2n) is 4.34. The number of benzene rings is 1. The number of carbonyl (C=O) groups excluding carboxylic acids is 1. The topological polar surface area (TPSA) is 72.7 Å². The summed E-state index contributed by atoms with van der Waals surface area (Å²) >= 11 is 0. The van der Waals surface area contributed by atoms with E-state index in [1.54, 1.807) is 7.05 Å². The van der Waals surface area contributed by atoms with Gasteiger partial charge in [0, 0.05) is 17.8 Å². The lowest BCUT2D eigenvalue weighted by molar-refractivity contribution is 0.0991. The van der Waals surface area contributed by atoms with Gasteiger partial charge in [-0.15, -0.1) is 10.2 Å². The number of nitrogens with zero attached hydrogens (tertiary/aromatic N) is 4. The van der Waals surface area contributed by atoms with Crippen LogP contribution in [0.3, 0.4) is 0 Å². The quantitative estimate of drug-likeness (QED) is 0.799. The summed E-state index contributed by atoms with van der Waals surface area (Å²) in [6.45, 7) is 0.943. The Morgan fingerprint density at radius 2 is 2.39 bits per heavy atom. The zero-order valence-electron chi connectivity index (χ0n) is 10.1. The van der Waals surface area contributed by atoms with Gasteiger partial charge in [0.05, 0.1) is 13.5 Å². The van der Waals surface area contributed by atoms with Crippen LogP contribution in [0, 0.1) is 0 Å². The molecule has 0 bridgehead atoms. The summed E-state index contributed by atoms with van der Waals surface area (Å²) in [7, 11) is 1.68. The first-order valence-corrected chi connectivity index (χ1v) is 5.85. The van der Waals surface area contributed by atoms with E-state index in [0.717, 1.165) is 18.7 Å². The zero-order valence-corrected chi connectivity index (χ0v) is 10.1. The molecule has 0 aliphatic carbocycles. The second kappa shape index (κ2) is 4.21. The standard InChI is InChI=1S/C12H13N5O/c1-17-15-12(14-16-17)7-11(18)9-3-2-8-4-5-13-10(8)6-9/h2-3,6,13H,4-5,7H2,1H3. The minimum absolute atomic E-state index is 0.0134. The third-order valence-electron chi connectivity index (χ3n) is 3.01. The maximum Gasteiger partial charge on any atom is 0.182 e. The van der Waals surface area contributed by atoms with Gasteiger partial charge in [0.25, 0.3) is 0 Å². The van der Waals surface area contributed by atoms with Crippen molar-refractivity contribution in [3.8, 4) is 0 Å². The highest BCUT2D eigenvalue weighted by atomic mass is 16.1. The van der Waals surface area contributed by atoms with Gasteiger partial charge in [0.1, 0.15) is 0 Å². The Morgan fingerprint density at radius 3 is 3.17 bits per heavy atom. The lowest BCUT2D eigenvalue weighted by Gasteiger charge is -2.03. The number of tetrazole rings is 1. The second-order valence-corrected chi connectivity index (χ2v) is 4.34. The maximum atomic E-state index is 12.1. The Morgan fingerprint density at radius 1 is 1.50 bits per heavy atom. The Labute approximate surface area is 104 Å². The Bertz CT molecular complexity index is 604. The Balaban J connectivity index is 1.80. The van der Waals surface area contributed by atoms with Crippen LogP contribution in [0.5, 0.6) is 0 Å². The Hall–Kier alpha value is -2.24. The lowest BCUT2D eigenvalue weighted by atomic mass is 10.0. The molecule has 18 heavy (non-hydrogen) atoms. The molecule has 1 aromatic heterocycles. The van der Waals surface area contributed by atoms with E-state index in [1.807, 2.05) is 18.2 Å². The average molecular weight is 243 g/mol. The number of Topliss-reactive ketones (excluding diaryl/α,β-unsaturated/α-hetero) is 1. The normalized spacial score (nSPS) is 13.2. The fourth-order valence-corrected chi connectivity index (χ4v) is 2.10. The molecule has 2 heterocycles. The van der Waals surface area contributed by atoms with Crippen LogP contribution in [-0.2, 0) is 19.9 Å². The van der Waals surface area contributed by atoms with Gasteiger partial charge in [0.15, 0.2) is 11.6 Å². The van der Waals surface area contributed by atoms with Crippen molar-refractivity contribution in [3.63, 3.8) is 0 Å². The molecule has 0 fully saturated rings. The first-order chi connectivity index (χ1) is 8.72. The minimum Gasteiger partial charge on any atom is -0.384 e. The summed E-state index contributed by atoms with van der Waals surface area (Å²) in [5, 5.41) is 14.8. The van der Waals surface area contributed by atoms with Crippen LogP contribution in [0.4, 0.5) is 5.69 Å². The van der Waals surface area contributed by atoms with E-state index in [-0.39, 0.29) is 12.2 Å². The van der Waals surface area contributed by atoms with Crippen molar-refractivity contribution in [2.45, 2.75) is 12.8 Å². The molecule has 3 rings (SSSR count). The Kier molecular flexibility index (Phi) is 2.55. The number of nitrogens with one attached hydrogen (secondary N) is 1. The van der Waals surface area contributed by atoms with E-state index in [1.165, 1.54) is 10.4 Å². The van der Waals surface area contributed by atoms with E-state index in [2.05, 4.69) is 20.7 Å². The predicted molar refractivity (Wildman–Crippen MR) is 65.5 cm³/mol. The van der Waals surface area contributed by atoms with Crippen molar-refractivity contribution < 1.29 is 4.79 Å². The van der Waals surface area contributed by atoms with Crippen molar-refractivity contribution in [1.82, 2.24) is 20.2 Å². The number of aryl methyl sites for hydroxylation is 1. The molecule has 1 aliphatic heterocycles. The molecule has 6 nitrogen and oxygen atoms in total. The summed E-state index contributed by atoms with van der Waals surface area (Å²) in [5.41, 5.74) is 3.02. The smallest absolute Gasteiger partial charge is 0.182 e. The summed E-state index contributed by atoms with van der Waals surface area (Å²) < 4.78 is 0. The molecular formula is C12H13N5O. The number of rotatable bonds is 3. The van der Waals surface area contributed by atoms with E-state index in [0.29, 0.717) is 11.4 Å². The molecule has 0 atom stereocenters. The van der Waals surface area contributed by atoms with Crippen LogP contribution in [0.1, 0.15) is 21.7 Å². The largest absolute Gasteiger partial charge is 0.384 e. The molecule has 92 valence electrons. The van der Waals surface area contributed by atoms with E-state index in [4.69, 9.17) is 0 Å². The molecule has 0 spiro atoms. The third-order valence-corrected chi connectivity index (χ3v) is 3.01. The summed E-state index contributed by atoms with van der Waals surface area (Å²) in [6.07, 6.45) is 1.21. The van der Waals surface area contributed by atoms with Crippen LogP contribution in [0.2, 0.25) is 0 Å². The zero-order chi connectivity index (χ0) is 12.5. The molecule has 0 saturated carbocycles. The van der Waals surface area contributed by atoms with Gasteiger partial charge in [-0.1, -0.05) is 12.1 Å². The first kappa shape index (κ1) is 10.9. The van der Waals surface area contributed by atoms with Crippen LogP contribution in [0.25, 0.3) is 0 Å². The fraction of sp³-hybridized carbons (Fsp3) is 0.333. The average Bonchev–Trinajstić information content (AvgIpc) is 2.96. The minimum atomic E-state index is 0.0134. The third kappa shape index (κ3) is 1.97.